The lowest BCUT2D eigenvalue weighted by molar-refractivity contribution is 0.0937. The molecule has 224 valence electrons. The van der Waals surface area contributed by atoms with Gasteiger partial charge in [0, 0.05) is 44.1 Å². The molecule has 5 nitrogen and oxygen atoms in total. The second-order valence-electron chi connectivity index (χ2n) is 12.0. The van der Waals surface area contributed by atoms with Crippen LogP contribution in [0.3, 0.4) is 0 Å². The van der Waals surface area contributed by atoms with Crippen molar-refractivity contribution in [3.05, 3.63) is 112 Å². The molecule has 5 rings (SSSR count). The zero-order valence-electron chi connectivity index (χ0n) is 26.2. The van der Waals surface area contributed by atoms with Gasteiger partial charge in [-0.05, 0) is 121 Å². The Hall–Kier alpha value is -3.96. The number of amides is 1. The average Bonchev–Trinajstić information content (AvgIpc) is 3.16. The highest BCUT2D eigenvalue weighted by Crippen LogP contribution is 2.34. The molecule has 2 aliphatic rings. The first-order valence-electron chi connectivity index (χ1n) is 15.6. The molecule has 1 aromatic heterocycles. The van der Waals surface area contributed by atoms with Gasteiger partial charge in [0.1, 0.15) is 0 Å². The van der Waals surface area contributed by atoms with E-state index in [1.165, 1.54) is 46.4 Å². The van der Waals surface area contributed by atoms with Crippen molar-refractivity contribution in [2.45, 2.75) is 59.3 Å². The van der Waals surface area contributed by atoms with Crippen LogP contribution in [0.5, 0.6) is 0 Å². The lowest BCUT2D eigenvalue weighted by atomic mass is 9.84. The molecule has 0 unspecified atom stereocenters. The fourth-order valence-corrected chi connectivity index (χ4v) is 6.21. The Balaban J connectivity index is 1.26. The van der Waals surface area contributed by atoms with E-state index < -0.39 is 0 Å². The normalized spacial score (nSPS) is 17.7. The van der Waals surface area contributed by atoms with Crippen LogP contribution in [-0.2, 0) is 17.6 Å². The molecular formula is C38H45N3O2. The van der Waals surface area contributed by atoms with Gasteiger partial charge in [0.15, 0.2) is 0 Å². The molecule has 0 bridgehead atoms. The van der Waals surface area contributed by atoms with Gasteiger partial charge in [0.05, 0.1) is 12.3 Å². The summed E-state index contributed by atoms with van der Waals surface area (Å²) in [6.07, 6.45) is 13.4. The number of fused-ring (bicyclic) bond motifs is 1. The van der Waals surface area contributed by atoms with Crippen molar-refractivity contribution in [3.63, 3.8) is 0 Å². The zero-order valence-corrected chi connectivity index (χ0v) is 26.2. The van der Waals surface area contributed by atoms with Gasteiger partial charge in [0.2, 0.25) is 0 Å². The summed E-state index contributed by atoms with van der Waals surface area (Å²) in [7, 11) is 1.63. The highest BCUT2D eigenvalue weighted by atomic mass is 16.5. The second-order valence-corrected chi connectivity index (χ2v) is 12.0. The molecule has 0 saturated heterocycles. The van der Waals surface area contributed by atoms with Crippen LogP contribution >= 0.6 is 0 Å². The minimum absolute atomic E-state index is 0.0774. The number of carbonyl (C=O) groups excluding carboxylic acids is 1. The van der Waals surface area contributed by atoms with Crippen molar-refractivity contribution in [1.82, 2.24) is 15.6 Å². The molecule has 2 aromatic carbocycles. The fourth-order valence-electron chi connectivity index (χ4n) is 6.21. The third kappa shape index (κ3) is 7.52. The largest absolute Gasteiger partial charge is 0.384 e. The maximum atomic E-state index is 12.5. The molecule has 0 atom stereocenters. The van der Waals surface area contributed by atoms with E-state index in [-0.39, 0.29) is 5.91 Å². The zero-order chi connectivity index (χ0) is 30.3. The number of nitrogens with zero attached hydrogens (tertiary/aromatic N) is 1. The van der Waals surface area contributed by atoms with Gasteiger partial charge >= 0.3 is 0 Å². The van der Waals surface area contributed by atoms with Gasteiger partial charge in [-0.3, -0.25) is 9.78 Å². The van der Waals surface area contributed by atoms with Crippen LogP contribution in [-0.4, -0.2) is 37.7 Å². The number of methoxy groups -OCH3 is 1. The Kier molecular flexibility index (Phi) is 9.93. The van der Waals surface area contributed by atoms with E-state index in [0.29, 0.717) is 24.6 Å². The maximum Gasteiger partial charge on any atom is 0.251 e. The molecule has 43 heavy (non-hydrogen) atoms. The first-order valence-corrected chi connectivity index (χ1v) is 15.6. The van der Waals surface area contributed by atoms with Crippen LogP contribution in [0.2, 0.25) is 0 Å². The molecule has 2 N–H and O–H groups in total. The Bertz CT molecular complexity index is 1560. The van der Waals surface area contributed by atoms with E-state index in [0.717, 1.165) is 60.2 Å². The maximum absolute atomic E-state index is 12.5. The third-order valence-electron chi connectivity index (χ3n) is 8.83. The van der Waals surface area contributed by atoms with Crippen molar-refractivity contribution in [3.8, 4) is 11.1 Å². The summed E-state index contributed by atoms with van der Waals surface area (Å²) in [4.78, 5) is 17.2. The number of benzene rings is 2. The Morgan fingerprint density at radius 3 is 2.63 bits per heavy atom. The number of hydrogen-bond donors (Lipinski definition) is 2. The Morgan fingerprint density at radius 1 is 1.09 bits per heavy atom. The van der Waals surface area contributed by atoms with Gasteiger partial charge in [0.25, 0.3) is 5.91 Å². The number of carbonyl (C=O) groups is 1. The molecule has 0 spiro atoms. The topological polar surface area (TPSA) is 63.2 Å². The number of pyridine rings is 1. The summed E-state index contributed by atoms with van der Waals surface area (Å²) in [6, 6.07) is 14.9. The van der Waals surface area contributed by atoms with Crippen LogP contribution in [0, 0.1) is 19.8 Å². The highest BCUT2D eigenvalue weighted by molar-refractivity contribution is 5.95. The summed E-state index contributed by atoms with van der Waals surface area (Å²) >= 11 is 0. The van der Waals surface area contributed by atoms with E-state index in [1.54, 1.807) is 7.11 Å². The van der Waals surface area contributed by atoms with E-state index >= 15 is 0 Å². The Labute approximate surface area is 257 Å². The monoisotopic (exact) mass is 575 g/mol. The average molecular weight is 576 g/mol. The van der Waals surface area contributed by atoms with E-state index in [4.69, 9.17) is 9.72 Å². The predicted molar refractivity (Wildman–Crippen MR) is 178 cm³/mol. The van der Waals surface area contributed by atoms with Crippen LogP contribution in [0.15, 0.2) is 72.6 Å². The first-order chi connectivity index (χ1) is 20.8. The fraction of sp³-hybridized carbons (Fsp3) is 0.368. The van der Waals surface area contributed by atoms with E-state index in [2.05, 4.69) is 80.5 Å². The summed E-state index contributed by atoms with van der Waals surface area (Å²) < 4.78 is 5.03. The number of hydrogen-bond acceptors (Lipinski definition) is 4. The first kappa shape index (κ1) is 30.5. The molecule has 2 heterocycles. The molecule has 1 fully saturated rings. The Morgan fingerprint density at radius 2 is 1.91 bits per heavy atom. The SMILES string of the molecule is C=C1CN/C(=C\C2CCC(=Cc3ncc(CC)cc3C)CC2)Cc2ccc(-c3ccc(C(=O)NCCOC)cc3C)cc21. The van der Waals surface area contributed by atoms with Gasteiger partial charge in [-0.25, -0.2) is 0 Å². The molecule has 1 saturated carbocycles. The van der Waals surface area contributed by atoms with Gasteiger partial charge < -0.3 is 15.4 Å². The van der Waals surface area contributed by atoms with Gasteiger partial charge in [-0.1, -0.05) is 49.4 Å². The van der Waals surface area contributed by atoms with Gasteiger partial charge in [-0.15, -0.1) is 0 Å². The van der Waals surface area contributed by atoms with Crippen LogP contribution in [0.4, 0.5) is 0 Å². The number of nitrogens with one attached hydrogen (secondary N) is 2. The lowest BCUT2D eigenvalue weighted by Crippen LogP contribution is -2.26. The standard InChI is InChI=1S/C38H45N3O2/c1-6-28-17-26(3)37(41-24-28)20-30-9-7-29(8-10-30)19-34-21-31-11-12-32(22-36(31)27(4)23-40-34)35-14-13-33(18-25(35)2)38(42)39-15-16-43-5/h11-14,17-20,22,24,29,40H,4,6-10,15-16,21,23H2,1-3,5H3,(H,39,42)/b30-20?,34-19-. The summed E-state index contributed by atoms with van der Waals surface area (Å²) in [5.41, 5.74) is 14.2. The molecule has 1 aliphatic carbocycles. The number of rotatable bonds is 8. The lowest BCUT2D eigenvalue weighted by Gasteiger charge is -2.23. The molecule has 5 heteroatoms. The summed E-state index contributed by atoms with van der Waals surface area (Å²) in [6.45, 7) is 12.6. The summed E-state index contributed by atoms with van der Waals surface area (Å²) in [5.74, 6) is 0.504. The second kappa shape index (κ2) is 14.0. The minimum atomic E-state index is -0.0774. The van der Waals surface area contributed by atoms with Crippen molar-refractivity contribution >= 4 is 17.6 Å². The summed E-state index contributed by atoms with van der Waals surface area (Å²) in [5, 5.41) is 6.59. The van der Waals surface area contributed by atoms with Gasteiger partial charge in [-0.2, -0.15) is 0 Å². The molecular weight excluding hydrogens is 530 g/mol. The van der Waals surface area contributed by atoms with Crippen LogP contribution < -0.4 is 10.6 Å². The van der Waals surface area contributed by atoms with Crippen molar-refractivity contribution in [1.29, 1.82) is 0 Å². The van der Waals surface area contributed by atoms with Crippen molar-refractivity contribution in [2.75, 3.05) is 26.8 Å². The van der Waals surface area contributed by atoms with Crippen molar-refractivity contribution in [2.24, 2.45) is 5.92 Å². The predicted octanol–water partition coefficient (Wildman–Crippen LogP) is 7.62. The smallest absolute Gasteiger partial charge is 0.251 e. The minimum Gasteiger partial charge on any atom is -0.384 e. The third-order valence-corrected chi connectivity index (χ3v) is 8.83. The number of allylic oxidation sites excluding steroid dienone is 3. The van der Waals surface area contributed by atoms with Crippen LogP contribution in [0.25, 0.3) is 22.8 Å². The quantitative estimate of drug-likeness (QED) is 0.271. The molecule has 3 aromatic rings. The number of ether oxygens (including phenoxy) is 1. The van der Waals surface area contributed by atoms with Crippen molar-refractivity contribution < 1.29 is 9.53 Å². The van der Waals surface area contributed by atoms with E-state index in [9.17, 15) is 4.79 Å². The molecule has 1 aliphatic heterocycles. The molecule has 0 radical (unpaired) electrons. The number of aryl methyl sites for hydroxylation is 3. The molecule has 1 amide bonds. The van der Waals surface area contributed by atoms with E-state index in [1.807, 2.05) is 18.3 Å². The highest BCUT2D eigenvalue weighted by Gasteiger charge is 2.20. The van der Waals surface area contributed by atoms with Crippen LogP contribution in [0.1, 0.15) is 76.5 Å². The number of aromatic nitrogens is 1.